The van der Waals surface area contributed by atoms with Crippen molar-refractivity contribution in [2.24, 2.45) is 0 Å². The lowest BCUT2D eigenvalue weighted by molar-refractivity contribution is 0.407. The van der Waals surface area contributed by atoms with E-state index in [2.05, 4.69) is 49.7 Å². The van der Waals surface area contributed by atoms with Gasteiger partial charge >= 0.3 is 0 Å². The molecule has 9 heteroatoms. The number of benzene rings is 1. The van der Waals surface area contributed by atoms with Gasteiger partial charge in [0.15, 0.2) is 17.3 Å². The Balaban J connectivity index is 1.49. The minimum absolute atomic E-state index is 0.311. The lowest BCUT2D eigenvalue weighted by atomic mass is 10.1. The fourth-order valence-electron chi connectivity index (χ4n) is 4.33. The van der Waals surface area contributed by atoms with Gasteiger partial charge in [-0.1, -0.05) is 0 Å². The molecule has 0 bridgehead atoms. The van der Waals surface area contributed by atoms with Crippen LogP contribution in [0.5, 0.6) is 0 Å². The number of aromatic nitrogens is 5. The molecule has 4 heterocycles. The molecule has 0 spiro atoms. The first-order chi connectivity index (χ1) is 14.4. The van der Waals surface area contributed by atoms with E-state index in [-0.39, 0.29) is 5.82 Å². The number of rotatable bonds is 3. The van der Waals surface area contributed by atoms with E-state index in [1.807, 2.05) is 32.2 Å². The maximum absolute atomic E-state index is 15.2. The number of H-pyrrole nitrogens is 1. The number of halogens is 1. The molecule has 156 valence electrons. The summed E-state index contributed by atoms with van der Waals surface area (Å²) in [6.07, 6.45) is 1.86. The van der Waals surface area contributed by atoms with E-state index in [0.717, 1.165) is 35.7 Å². The van der Waals surface area contributed by atoms with Crippen LogP contribution >= 0.6 is 0 Å². The summed E-state index contributed by atoms with van der Waals surface area (Å²) in [7, 11) is 0. The molecule has 3 aromatic heterocycles. The molecule has 1 aromatic carbocycles. The van der Waals surface area contributed by atoms with Crippen LogP contribution in [0.4, 0.5) is 21.7 Å². The van der Waals surface area contributed by atoms with Crippen LogP contribution < -0.4 is 15.5 Å². The summed E-state index contributed by atoms with van der Waals surface area (Å²) in [6, 6.07) is 6.14. The molecule has 1 fully saturated rings. The fourth-order valence-corrected chi connectivity index (χ4v) is 4.33. The van der Waals surface area contributed by atoms with E-state index in [4.69, 9.17) is 0 Å². The molecule has 1 aliphatic heterocycles. The summed E-state index contributed by atoms with van der Waals surface area (Å²) in [5.41, 5.74) is 4.19. The molecule has 3 N–H and O–H groups in total. The van der Waals surface area contributed by atoms with E-state index in [1.165, 1.54) is 0 Å². The third-order valence-corrected chi connectivity index (χ3v) is 5.50. The zero-order valence-electron chi connectivity index (χ0n) is 17.5. The highest BCUT2D eigenvalue weighted by atomic mass is 19.1. The summed E-state index contributed by atoms with van der Waals surface area (Å²) in [5, 5.41) is 18.9. The minimum atomic E-state index is -0.311. The van der Waals surface area contributed by atoms with Gasteiger partial charge in [0, 0.05) is 30.9 Å². The molecular formula is C21H25FN8. The zero-order chi connectivity index (χ0) is 21.0. The van der Waals surface area contributed by atoms with Crippen molar-refractivity contribution in [3.8, 4) is 0 Å². The van der Waals surface area contributed by atoms with Crippen LogP contribution in [-0.2, 0) is 0 Å². The van der Waals surface area contributed by atoms with Gasteiger partial charge in [-0.05, 0) is 51.5 Å². The minimum Gasteiger partial charge on any atom is -0.368 e. The molecule has 30 heavy (non-hydrogen) atoms. The standard InChI is InChI=1S/C21H25FN8/c1-11-5-18(28-30-10-14(4)24-21(11)30)25-20-19-16(22)6-15(7-17(19)26-27-20)29-8-12(2)23-13(3)9-29/h5-7,10,12-13,23H,8-9H2,1-4H3,(H2,25,26,27,28)/t12-,13-/m0/s1. The quantitative estimate of drug-likeness (QED) is 0.482. The second-order valence-electron chi connectivity index (χ2n) is 8.28. The Labute approximate surface area is 173 Å². The number of piperazine rings is 1. The zero-order valence-corrected chi connectivity index (χ0v) is 17.5. The highest BCUT2D eigenvalue weighted by Gasteiger charge is 2.23. The molecule has 0 amide bonds. The van der Waals surface area contributed by atoms with Crippen molar-refractivity contribution in [2.45, 2.75) is 39.8 Å². The molecule has 2 atom stereocenters. The molecule has 5 rings (SSSR count). The van der Waals surface area contributed by atoms with Crippen molar-refractivity contribution >= 4 is 33.9 Å². The normalized spacial score (nSPS) is 19.7. The average Bonchev–Trinajstić information content (AvgIpc) is 3.24. The van der Waals surface area contributed by atoms with E-state index >= 15 is 4.39 Å². The SMILES string of the molecule is Cc1cn2nc(Nc3n[nH]c4cc(N5C[C@H](C)N[C@@H](C)C5)cc(F)c34)cc(C)c2n1. The number of hydrogen-bond donors (Lipinski definition) is 3. The number of nitrogens with zero attached hydrogens (tertiary/aromatic N) is 5. The smallest absolute Gasteiger partial charge is 0.164 e. The molecular weight excluding hydrogens is 383 g/mol. The van der Waals surface area contributed by atoms with Crippen molar-refractivity contribution in [3.05, 3.63) is 41.5 Å². The molecule has 0 radical (unpaired) electrons. The van der Waals surface area contributed by atoms with Crippen LogP contribution in [0, 0.1) is 19.7 Å². The fraction of sp³-hybridized carbons (Fsp3) is 0.381. The summed E-state index contributed by atoms with van der Waals surface area (Å²) < 4.78 is 16.9. The van der Waals surface area contributed by atoms with Crippen molar-refractivity contribution < 1.29 is 4.39 Å². The number of imidazole rings is 1. The average molecular weight is 408 g/mol. The van der Waals surface area contributed by atoms with E-state index < -0.39 is 0 Å². The van der Waals surface area contributed by atoms with Gasteiger partial charge in [-0.25, -0.2) is 13.9 Å². The molecule has 0 aliphatic carbocycles. The summed E-state index contributed by atoms with van der Waals surface area (Å²) >= 11 is 0. The molecule has 1 aliphatic rings. The Kier molecular flexibility index (Phi) is 4.35. The van der Waals surface area contributed by atoms with E-state index in [1.54, 1.807) is 10.6 Å². The highest BCUT2D eigenvalue weighted by molar-refractivity contribution is 5.93. The first-order valence-electron chi connectivity index (χ1n) is 10.2. The van der Waals surface area contributed by atoms with Crippen molar-refractivity contribution in [1.82, 2.24) is 30.1 Å². The Hall–Kier alpha value is -3.20. The summed E-state index contributed by atoms with van der Waals surface area (Å²) in [6.45, 7) is 9.85. The Morgan fingerprint density at radius 1 is 1.13 bits per heavy atom. The predicted octanol–water partition coefficient (Wildman–Crippen LogP) is 3.29. The number of anilines is 3. The topological polar surface area (TPSA) is 86.2 Å². The predicted molar refractivity (Wildman–Crippen MR) is 116 cm³/mol. The van der Waals surface area contributed by atoms with Gasteiger partial charge in [-0.3, -0.25) is 5.10 Å². The summed E-state index contributed by atoms with van der Waals surface area (Å²) in [5.74, 6) is 0.687. The van der Waals surface area contributed by atoms with Crippen LogP contribution in [0.1, 0.15) is 25.1 Å². The summed E-state index contributed by atoms with van der Waals surface area (Å²) in [4.78, 5) is 6.67. The molecule has 0 saturated carbocycles. The van der Waals surface area contributed by atoms with Gasteiger partial charge in [0.1, 0.15) is 5.82 Å². The first kappa shape index (κ1) is 18.8. The highest BCUT2D eigenvalue weighted by Crippen LogP contribution is 2.31. The van der Waals surface area contributed by atoms with Crippen LogP contribution in [0.2, 0.25) is 0 Å². The van der Waals surface area contributed by atoms with Gasteiger partial charge < -0.3 is 15.5 Å². The van der Waals surface area contributed by atoms with Crippen LogP contribution in [0.3, 0.4) is 0 Å². The second-order valence-corrected chi connectivity index (χ2v) is 8.28. The van der Waals surface area contributed by atoms with Gasteiger partial charge in [-0.15, -0.1) is 5.10 Å². The van der Waals surface area contributed by atoms with Gasteiger partial charge in [-0.2, -0.15) is 5.10 Å². The van der Waals surface area contributed by atoms with E-state index in [9.17, 15) is 0 Å². The van der Waals surface area contributed by atoms with Crippen LogP contribution in [0.15, 0.2) is 24.4 Å². The van der Waals surface area contributed by atoms with Crippen molar-refractivity contribution in [2.75, 3.05) is 23.3 Å². The number of aromatic amines is 1. The monoisotopic (exact) mass is 408 g/mol. The maximum atomic E-state index is 15.2. The Morgan fingerprint density at radius 2 is 1.90 bits per heavy atom. The number of fused-ring (bicyclic) bond motifs is 2. The Morgan fingerprint density at radius 3 is 2.67 bits per heavy atom. The number of hydrogen-bond acceptors (Lipinski definition) is 6. The molecule has 8 nitrogen and oxygen atoms in total. The lowest BCUT2D eigenvalue weighted by Gasteiger charge is -2.37. The largest absolute Gasteiger partial charge is 0.368 e. The Bertz CT molecular complexity index is 1230. The van der Waals surface area contributed by atoms with Gasteiger partial charge in [0.05, 0.1) is 22.8 Å². The third kappa shape index (κ3) is 3.24. The van der Waals surface area contributed by atoms with Gasteiger partial charge in [0.2, 0.25) is 0 Å². The maximum Gasteiger partial charge on any atom is 0.164 e. The lowest BCUT2D eigenvalue weighted by Crippen LogP contribution is -2.54. The first-order valence-corrected chi connectivity index (χ1v) is 10.2. The van der Waals surface area contributed by atoms with Crippen molar-refractivity contribution in [3.63, 3.8) is 0 Å². The van der Waals surface area contributed by atoms with E-state index in [0.29, 0.717) is 34.6 Å². The molecule has 1 saturated heterocycles. The number of aryl methyl sites for hydroxylation is 2. The molecule has 0 unspecified atom stereocenters. The van der Waals surface area contributed by atoms with Crippen LogP contribution in [-0.4, -0.2) is 50.0 Å². The van der Waals surface area contributed by atoms with Crippen LogP contribution in [0.25, 0.3) is 16.6 Å². The number of nitrogens with one attached hydrogen (secondary N) is 3. The van der Waals surface area contributed by atoms with Crippen molar-refractivity contribution in [1.29, 1.82) is 0 Å². The van der Waals surface area contributed by atoms with Gasteiger partial charge in [0.25, 0.3) is 0 Å². The second kappa shape index (κ2) is 6.94. The third-order valence-electron chi connectivity index (χ3n) is 5.50. The molecule has 4 aromatic rings.